The average molecular weight is 462 g/mol. The van der Waals surface area contributed by atoms with Crippen molar-refractivity contribution in [2.75, 3.05) is 25.2 Å². The lowest BCUT2D eigenvalue weighted by Crippen LogP contribution is -2.29. The van der Waals surface area contributed by atoms with Crippen molar-refractivity contribution in [3.63, 3.8) is 0 Å². The zero-order valence-electron chi connectivity index (χ0n) is 17.3. The average Bonchev–Trinajstić information content (AvgIpc) is 3.25. The third-order valence-corrected chi connectivity index (χ3v) is 6.94. The molecule has 0 N–H and O–H groups in total. The quantitative estimate of drug-likeness (QED) is 0.339. The summed E-state index contributed by atoms with van der Waals surface area (Å²) in [5.41, 5.74) is 3.57. The van der Waals surface area contributed by atoms with E-state index in [1.165, 1.54) is 30.0 Å². The normalized spacial score (nSPS) is 15.3. The predicted molar refractivity (Wildman–Crippen MR) is 127 cm³/mol. The van der Waals surface area contributed by atoms with Crippen LogP contribution in [0.5, 0.6) is 0 Å². The van der Waals surface area contributed by atoms with E-state index in [1.807, 2.05) is 37.4 Å². The van der Waals surface area contributed by atoms with Gasteiger partial charge in [-0.15, -0.1) is 11.3 Å². The summed E-state index contributed by atoms with van der Waals surface area (Å²) < 4.78 is 5.59. The standard InChI is InChI=1S/C21H23N3O3S3/c1-13-7-5-8-17(14(13)2)24(15(3)25)20-22-16(12-29-20)11-18-19(26)23(21(28)30-18)9-6-10-27-4/h5,7-8,11-12H,6,9-10H2,1-4H3/b18-11+. The number of aromatic nitrogens is 1. The van der Waals surface area contributed by atoms with Gasteiger partial charge in [-0.25, -0.2) is 4.98 Å². The van der Waals surface area contributed by atoms with Crippen molar-refractivity contribution in [3.05, 3.63) is 45.3 Å². The van der Waals surface area contributed by atoms with Crippen molar-refractivity contribution in [1.29, 1.82) is 0 Å². The van der Waals surface area contributed by atoms with Crippen LogP contribution < -0.4 is 4.90 Å². The molecule has 0 bridgehead atoms. The summed E-state index contributed by atoms with van der Waals surface area (Å²) in [6.07, 6.45) is 2.46. The fraction of sp³-hybridized carbons (Fsp3) is 0.333. The van der Waals surface area contributed by atoms with Crippen molar-refractivity contribution >= 4 is 68.3 Å². The number of carbonyl (C=O) groups excluding carboxylic acids is 2. The molecule has 0 aliphatic carbocycles. The molecule has 2 aromatic rings. The molecular formula is C21H23N3O3S3. The monoisotopic (exact) mass is 461 g/mol. The topological polar surface area (TPSA) is 62.7 Å². The fourth-order valence-electron chi connectivity index (χ4n) is 3.02. The van der Waals surface area contributed by atoms with Gasteiger partial charge in [-0.2, -0.15) is 0 Å². The number of nitrogens with zero attached hydrogens (tertiary/aromatic N) is 3. The van der Waals surface area contributed by atoms with Crippen LogP contribution in [-0.4, -0.2) is 46.3 Å². The number of rotatable bonds is 7. The lowest BCUT2D eigenvalue weighted by Gasteiger charge is -2.21. The summed E-state index contributed by atoms with van der Waals surface area (Å²) in [6, 6.07) is 5.85. The Balaban J connectivity index is 1.85. The van der Waals surface area contributed by atoms with Gasteiger partial charge in [0.2, 0.25) is 5.91 Å². The Labute approximate surface area is 189 Å². The molecule has 0 spiro atoms. The number of hydrogen-bond acceptors (Lipinski definition) is 7. The van der Waals surface area contributed by atoms with Crippen molar-refractivity contribution in [3.8, 4) is 0 Å². The first-order chi connectivity index (χ1) is 14.3. The Bertz CT molecular complexity index is 1020. The van der Waals surface area contributed by atoms with Gasteiger partial charge in [0.25, 0.3) is 5.91 Å². The molecule has 158 valence electrons. The molecule has 0 radical (unpaired) electrons. The lowest BCUT2D eigenvalue weighted by molar-refractivity contribution is -0.122. The number of amides is 2. The summed E-state index contributed by atoms with van der Waals surface area (Å²) in [6.45, 7) is 6.63. The number of methoxy groups -OCH3 is 1. The van der Waals surface area contributed by atoms with Gasteiger partial charge in [-0.05, 0) is 43.5 Å². The van der Waals surface area contributed by atoms with Gasteiger partial charge in [-0.1, -0.05) is 36.1 Å². The zero-order valence-corrected chi connectivity index (χ0v) is 19.7. The highest BCUT2D eigenvalue weighted by atomic mass is 32.2. The summed E-state index contributed by atoms with van der Waals surface area (Å²) in [5.74, 6) is -0.234. The zero-order chi connectivity index (χ0) is 21.8. The number of ether oxygens (including phenoxy) is 1. The second kappa shape index (κ2) is 9.82. The summed E-state index contributed by atoms with van der Waals surface area (Å²) in [5, 5.41) is 2.41. The minimum atomic E-state index is -0.117. The maximum atomic E-state index is 12.7. The number of anilines is 2. The second-order valence-electron chi connectivity index (χ2n) is 6.81. The molecule has 1 aromatic heterocycles. The minimum absolute atomic E-state index is 0.117. The molecular weight excluding hydrogens is 438 g/mol. The Kier molecular flexibility index (Phi) is 7.41. The fourth-order valence-corrected chi connectivity index (χ4v) is 5.16. The smallest absolute Gasteiger partial charge is 0.266 e. The van der Waals surface area contributed by atoms with Crippen LogP contribution in [0.3, 0.4) is 0 Å². The molecule has 0 unspecified atom stereocenters. The molecule has 30 heavy (non-hydrogen) atoms. The molecule has 0 saturated carbocycles. The van der Waals surface area contributed by atoms with E-state index in [0.717, 1.165) is 23.2 Å². The maximum absolute atomic E-state index is 12.7. The molecule has 2 heterocycles. The maximum Gasteiger partial charge on any atom is 0.266 e. The molecule has 6 nitrogen and oxygen atoms in total. The molecule has 1 saturated heterocycles. The highest BCUT2D eigenvalue weighted by Gasteiger charge is 2.32. The highest BCUT2D eigenvalue weighted by Crippen LogP contribution is 2.35. The number of thiocarbonyl (C=S) groups is 1. The van der Waals surface area contributed by atoms with E-state index in [1.54, 1.807) is 23.0 Å². The van der Waals surface area contributed by atoms with Crippen LogP contribution in [0.25, 0.3) is 6.08 Å². The lowest BCUT2D eigenvalue weighted by atomic mass is 10.1. The van der Waals surface area contributed by atoms with E-state index < -0.39 is 0 Å². The number of carbonyl (C=O) groups is 2. The molecule has 1 aliphatic rings. The third kappa shape index (κ3) is 4.80. The van der Waals surface area contributed by atoms with Gasteiger partial charge >= 0.3 is 0 Å². The number of thioether (sulfide) groups is 1. The largest absolute Gasteiger partial charge is 0.385 e. The van der Waals surface area contributed by atoms with Crippen LogP contribution in [0.1, 0.15) is 30.2 Å². The van der Waals surface area contributed by atoms with Crippen LogP contribution in [0.2, 0.25) is 0 Å². The van der Waals surface area contributed by atoms with E-state index in [9.17, 15) is 9.59 Å². The number of aryl methyl sites for hydroxylation is 1. The van der Waals surface area contributed by atoms with E-state index in [4.69, 9.17) is 17.0 Å². The molecule has 0 atom stereocenters. The van der Waals surface area contributed by atoms with Gasteiger partial charge in [0, 0.05) is 32.6 Å². The number of hydrogen-bond donors (Lipinski definition) is 0. The molecule has 1 aliphatic heterocycles. The van der Waals surface area contributed by atoms with Crippen molar-refractivity contribution in [1.82, 2.24) is 9.88 Å². The van der Waals surface area contributed by atoms with E-state index in [0.29, 0.717) is 33.2 Å². The van der Waals surface area contributed by atoms with Crippen molar-refractivity contribution in [2.45, 2.75) is 27.2 Å². The van der Waals surface area contributed by atoms with Crippen LogP contribution >= 0.6 is 35.3 Å². The van der Waals surface area contributed by atoms with Crippen molar-refractivity contribution in [2.24, 2.45) is 0 Å². The van der Waals surface area contributed by atoms with Gasteiger partial charge in [0.05, 0.1) is 16.3 Å². The SMILES string of the molecule is COCCCN1C(=O)/C(=C\c2csc(N(C(C)=O)c3cccc(C)c3C)n2)SC1=S. The van der Waals surface area contributed by atoms with Gasteiger partial charge in [-0.3, -0.25) is 19.4 Å². The predicted octanol–water partition coefficient (Wildman–Crippen LogP) is 4.68. The van der Waals surface area contributed by atoms with Crippen LogP contribution in [0.15, 0.2) is 28.5 Å². The second-order valence-corrected chi connectivity index (χ2v) is 9.32. The van der Waals surface area contributed by atoms with Crippen molar-refractivity contribution < 1.29 is 14.3 Å². The Morgan fingerprint density at radius 1 is 1.37 bits per heavy atom. The highest BCUT2D eigenvalue weighted by molar-refractivity contribution is 8.26. The van der Waals surface area contributed by atoms with E-state index in [-0.39, 0.29) is 11.8 Å². The molecule has 2 amide bonds. The van der Waals surface area contributed by atoms with Gasteiger partial charge in [0.1, 0.15) is 4.32 Å². The first kappa shape index (κ1) is 22.6. The van der Waals surface area contributed by atoms with Gasteiger partial charge in [0.15, 0.2) is 5.13 Å². The molecule has 3 rings (SSSR count). The van der Waals surface area contributed by atoms with Crippen LogP contribution in [0.4, 0.5) is 10.8 Å². The summed E-state index contributed by atoms with van der Waals surface area (Å²) >= 11 is 7.98. The molecule has 9 heteroatoms. The van der Waals surface area contributed by atoms with Crippen LogP contribution in [0, 0.1) is 13.8 Å². The number of thiazole rings is 1. The van der Waals surface area contributed by atoms with E-state index in [2.05, 4.69) is 4.98 Å². The Morgan fingerprint density at radius 3 is 2.83 bits per heavy atom. The Morgan fingerprint density at radius 2 is 2.13 bits per heavy atom. The van der Waals surface area contributed by atoms with Crippen LogP contribution in [-0.2, 0) is 14.3 Å². The first-order valence-corrected chi connectivity index (χ1v) is 11.5. The summed E-state index contributed by atoms with van der Waals surface area (Å²) in [7, 11) is 1.63. The molecule has 1 fully saturated rings. The number of benzene rings is 1. The third-order valence-electron chi connectivity index (χ3n) is 4.72. The first-order valence-electron chi connectivity index (χ1n) is 9.40. The Hall–Kier alpha value is -2.07. The van der Waals surface area contributed by atoms with Gasteiger partial charge < -0.3 is 4.74 Å². The molecule has 1 aromatic carbocycles. The minimum Gasteiger partial charge on any atom is -0.385 e. The van der Waals surface area contributed by atoms with E-state index >= 15 is 0 Å². The summed E-state index contributed by atoms with van der Waals surface area (Å²) in [4.78, 5) is 33.4.